The first-order chi connectivity index (χ1) is 12.5. The molecule has 2 aromatic carbocycles. The van der Waals surface area contributed by atoms with Gasteiger partial charge >= 0.3 is 0 Å². The van der Waals surface area contributed by atoms with Crippen LogP contribution in [-0.4, -0.2) is 38.9 Å². The first-order valence-electron chi connectivity index (χ1n) is 8.39. The molecule has 0 radical (unpaired) electrons. The molecule has 1 amide bonds. The maximum Gasteiger partial charge on any atom is 0.261 e. The van der Waals surface area contributed by atoms with E-state index in [1.54, 1.807) is 45.4 Å². The van der Waals surface area contributed by atoms with E-state index in [0.29, 0.717) is 12.4 Å². The predicted molar refractivity (Wildman–Crippen MR) is 99.2 cm³/mol. The molecule has 0 aliphatic rings. The zero-order valence-electron chi connectivity index (χ0n) is 15.5. The van der Waals surface area contributed by atoms with Gasteiger partial charge in [-0.1, -0.05) is 0 Å². The van der Waals surface area contributed by atoms with Gasteiger partial charge in [-0.3, -0.25) is 4.79 Å². The molecule has 0 aliphatic carbocycles. The number of nitrogens with one attached hydrogen (secondary N) is 1. The van der Waals surface area contributed by atoms with Crippen LogP contribution in [-0.2, 0) is 4.79 Å². The lowest BCUT2D eigenvalue weighted by molar-refractivity contribution is -0.128. The molecule has 0 saturated heterocycles. The molecule has 0 heterocycles. The molecular formula is C20H25NO5. The zero-order valence-corrected chi connectivity index (χ0v) is 15.5. The van der Waals surface area contributed by atoms with Crippen LogP contribution in [0.1, 0.15) is 13.8 Å². The Labute approximate surface area is 154 Å². The smallest absolute Gasteiger partial charge is 0.261 e. The third kappa shape index (κ3) is 5.88. The Morgan fingerprint density at radius 3 is 1.81 bits per heavy atom. The van der Waals surface area contributed by atoms with E-state index in [2.05, 4.69) is 5.32 Å². The fourth-order valence-corrected chi connectivity index (χ4v) is 2.21. The quantitative estimate of drug-likeness (QED) is 0.745. The van der Waals surface area contributed by atoms with Crippen molar-refractivity contribution in [2.75, 3.05) is 20.8 Å². The summed E-state index contributed by atoms with van der Waals surface area (Å²) in [5.41, 5.74) is 0. The molecule has 0 aliphatic heterocycles. The van der Waals surface area contributed by atoms with Gasteiger partial charge in [0, 0.05) is 0 Å². The summed E-state index contributed by atoms with van der Waals surface area (Å²) < 4.78 is 21.5. The summed E-state index contributed by atoms with van der Waals surface area (Å²) in [4.78, 5) is 12.2. The van der Waals surface area contributed by atoms with Gasteiger partial charge in [0.2, 0.25) is 0 Å². The van der Waals surface area contributed by atoms with Gasteiger partial charge in [0.05, 0.1) is 20.3 Å². The van der Waals surface area contributed by atoms with Crippen LogP contribution in [0.15, 0.2) is 48.5 Å². The summed E-state index contributed by atoms with van der Waals surface area (Å²) in [6.45, 7) is 3.94. The molecule has 2 rings (SSSR count). The third-order valence-electron chi connectivity index (χ3n) is 3.69. The van der Waals surface area contributed by atoms with Gasteiger partial charge in [-0.2, -0.15) is 0 Å². The number of benzene rings is 2. The summed E-state index contributed by atoms with van der Waals surface area (Å²) in [5, 5.41) is 2.88. The van der Waals surface area contributed by atoms with E-state index in [9.17, 15) is 4.79 Å². The Kier molecular flexibility index (Phi) is 7.14. The Bertz CT molecular complexity index is 684. The number of rotatable bonds is 9. The molecule has 2 atom stereocenters. The zero-order chi connectivity index (χ0) is 18.9. The van der Waals surface area contributed by atoms with E-state index >= 15 is 0 Å². The molecule has 6 heteroatoms. The average molecular weight is 359 g/mol. The summed E-state index contributed by atoms with van der Waals surface area (Å²) in [7, 11) is 3.21. The maximum absolute atomic E-state index is 12.2. The van der Waals surface area contributed by atoms with Gasteiger partial charge in [-0.25, -0.2) is 0 Å². The van der Waals surface area contributed by atoms with Crippen molar-refractivity contribution in [3.05, 3.63) is 48.5 Å². The number of carbonyl (C=O) groups excluding carboxylic acids is 1. The number of methoxy groups -OCH3 is 2. The maximum atomic E-state index is 12.2. The van der Waals surface area contributed by atoms with Crippen molar-refractivity contribution in [3.63, 3.8) is 0 Å². The van der Waals surface area contributed by atoms with Crippen LogP contribution < -0.4 is 24.3 Å². The fraction of sp³-hybridized carbons (Fsp3) is 0.350. The van der Waals surface area contributed by atoms with Crippen molar-refractivity contribution < 1.29 is 23.7 Å². The van der Waals surface area contributed by atoms with Crippen LogP contribution in [0.5, 0.6) is 23.0 Å². The minimum atomic E-state index is -0.619. The molecule has 6 nitrogen and oxygen atoms in total. The lowest BCUT2D eigenvalue weighted by Crippen LogP contribution is -2.43. The Hall–Kier alpha value is -2.89. The number of hydrogen-bond donors (Lipinski definition) is 1. The van der Waals surface area contributed by atoms with Gasteiger partial charge in [0.1, 0.15) is 29.6 Å². The number of ether oxygens (including phenoxy) is 4. The van der Waals surface area contributed by atoms with Crippen LogP contribution in [0.25, 0.3) is 0 Å². The molecule has 0 unspecified atom stereocenters. The number of amides is 1. The molecule has 0 fully saturated rings. The standard InChI is InChI=1S/C20H25NO5/c1-14(13-25-18-9-5-16(23-3)6-10-18)21-20(22)15(2)26-19-11-7-17(24-4)8-12-19/h5-12,14-15H,13H2,1-4H3,(H,21,22)/t14-,15+/m1/s1. The van der Waals surface area contributed by atoms with Crippen molar-refractivity contribution >= 4 is 5.91 Å². The third-order valence-corrected chi connectivity index (χ3v) is 3.69. The van der Waals surface area contributed by atoms with E-state index in [0.717, 1.165) is 17.2 Å². The first kappa shape index (κ1) is 19.4. The van der Waals surface area contributed by atoms with Crippen molar-refractivity contribution in [1.29, 1.82) is 0 Å². The van der Waals surface area contributed by atoms with Crippen molar-refractivity contribution in [1.82, 2.24) is 5.32 Å². The van der Waals surface area contributed by atoms with Gasteiger partial charge in [0.25, 0.3) is 5.91 Å². The van der Waals surface area contributed by atoms with E-state index < -0.39 is 6.10 Å². The second-order valence-corrected chi connectivity index (χ2v) is 5.83. The fourth-order valence-electron chi connectivity index (χ4n) is 2.21. The van der Waals surface area contributed by atoms with Crippen LogP contribution in [0.2, 0.25) is 0 Å². The second-order valence-electron chi connectivity index (χ2n) is 5.83. The molecule has 140 valence electrons. The van der Waals surface area contributed by atoms with E-state index in [4.69, 9.17) is 18.9 Å². The predicted octanol–water partition coefficient (Wildman–Crippen LogP) is 3.05. The molecule has 1 N–H and O–H groups in total. The molecule has 0 spiro atoms. The van der Waals surface area contributed by atoms with Crippen molar-refractivity contribution in [3.8, 4) is 23.0 Å². The van der Waals surface area contributed by atoms with Crippen LogP contribution >= 0.6 is 0 Å². The first-order valence-corrected chi connectivity index (χ1v) is 8.39. The van der Waals surface area contributed by atoms with Crippen LogP contribution in [0.4, 0.5) is 0 Å². The summed E-state index contributed by atoms with van der Waals surface area (Å²) in [6.07, 6.45) is -0.619. The number of carbonyl (C=O) groups is 1. The molecule has 0 bridgehead atoms. The van der Waals surface area contributed by atoms with Crippen LogP contribution in [0, 0.1) is 0 Å². The molecule has 26 heavy (non-hydrogen) atoms. The highest BCUT2D eigenvalue weighted by Crippen LogP contribution is 2.19. The largest absolute Gasteiger partial charge is 0.497 e. The molecule has 2 aromatic rings. The monoisotopic (exact) mass is 359 g/mol. The molecule has 0 aromatic heterocycles. The molecule has 0 saturated carbocycles. The van der Waals surface area contributed by atoms with Crippen LogP contribution in [0.3, 0.4) is 0 Å². The highest BCUT2D eigenvalue weighted by Gasteiger charge is 2.17. The van der Waals surface area contributed by atoms with Gasteiger partial charge < -0.3 is 24.3 Å². The summed E-state index contributed by atoms with van der Waals surface area (Å²) in [5.74, 6) is 2.62. The highest BCUT2D eigenvalue weighted by atomic mass is 16.5. The van der Waals surface area contributed by atoms with E-state index in [-0.39, 0.29) is 11.9 Å². The topological polar surface area (TPSA) is 66.0 Å². The minimum absolute atomic E-state index is 0.161. The van der Waals surface area contributed by atoms with Crippen molar-refractivity contribution in [2.24, 2.45) is 0 Å². The van der Waals surface area contributed by atoms with Gasteiger partial charge in [-0.15, -0.1) is 0 Å². The lowest BCUT2D eigenvalue weighted by Gasteiger charge is -2.19. The highest BCUT2D eigenvalue weighted by molar-refractivity contribution is 5.81. The normalized spacial score (nSPS) is 12.6. The Morgan fingerprint density at radius 2 is 1.31 bits per heavy atom. The minimum Gasteiger partial charge on any atom is -0.497 e. The molecular weight excluding hydrogens is 334 g/mol. The van der Waals surface area contributed by atoms with Gasteiger partial charge in [0.15, 0.2) is 6.10 Å². The number of hydrogen-bond acceptors (Lipinski definition) is 5. The van der Waals surface area contributed by atoms with Gasteiger partial charge in [-0.05, 0) is 62.4 Å². The SMILES string of the molecule is COc1ccc(OC[C@@H](C)NC(=O)[C@H](C)Oc2ccc(OC)cc2)cc1. The Morgan fingerprint density at radius 1 is 0.846 bits per heavy atom. The average Bonchev–Trinajstić information content (AvgIpc) is 2.67. The van der Waals surface area contributed by atoms with Crippen molar-refractivity contribution in [2.45, 2.75) is 26.0 Å². The Balaban J connectivity index is 1.77. The second kappa shape index (κ2) is 9.56. The summed E-state index contributed by atoms with van der Waals surface area (Å²) in [6, 6.07) is 14.2. The summed E-state index contributed by atoms with van der Waals surface area (Å²) >= 11 is 0. The van der Waals surface area contributed by atoms with E-state index in [1.165, 1.54) is 0 Å². The van der Waals surface area contributed by atoms with E-state index in [1.807, 2.05) is 31.2 Å². The lowest BCUT2D eigenvalue weighted by atomic mass is 10.3.